The van der Waals surface area contributed by atoms with Gasteiger partial charge in [-0.05, 0) is 18.6 Å². The molecule has 0 unspecified atom stereocenters. The molecule has 1 aromatic carbocycles. The number of hydrogen-bond acceptors (Lipinski definition) is 0. The standard InChI is InChI=1S/C9H13N/c1-2-8-10-9-6-4-3-5-7-9/h3-7,10H,2,8H2,1H3/p+1. The molecule has 0 fully saturated rings. The quantitative estimate of drug-likeness (QED) is 0.603. The summed E-state index contributed by atoms with van der Waals surface area (Å²) in [6, 6.07) is 10.5. The summed E-state index contributed by atoms with van der Waals surface area (Å²) in [4.78, 5) is 0. The third-order valence-electron chi connectivity index (χ3n) is 1.47. The molecule has 0 heterocycles. The third-order valence-corrected chi connectivity index (χ3v) is 1.47. The van der Waals surface area contributed by atoms with Gasteiger partial charge in [0.25, 0.3) is 0 Å². The first-order valence-electron chi connectivity index (χ1n) is 3.81. The van der Waals surface area contributed by atoms with Crippen molar-refractivity contribution in [1.29, 1.82) is 0 Å². The molecule has 0 aromatic heterocycles. The predicted molar refractivity (Wildman–Crippen MR) is 43.2 cm³/mol. The van der Waals surface area contributed by atoms with E-state index in [0.717, 1.165) is 0 Å². The normalized spacial score (nSPS) is 9.70. The van der Waals surface area contributed by atoms with E-state index < -0.39 is 0 Å². The van der Waals surface area contributed by atoms with Gasteiger partial charge in [0, 0.05) is 0 Å². The molecule has 0 saturated heterocycles. The van der Waals surface area contributed by atoms with Gasteiger partial charge in [0.15, 0.2) is 0 Å². The van der Waals surface area contributed by atoms with Gasteiger partial charge in [-0.1, -0.05) is 25.1 Å². The Morgan fingerprint density at radius 1 is 1.20 bits per heavy atom. The lowest BCUT2D eigenvalue weighted by Gasteiger charge is -1.95. The molecule has 0 spiro atoms. The lowest BCUT2D eigenvalue weighted by molar-refractivity contribution is -0.571. The molecule has 0 saturated carbocycles. The molecule has 1 heteroatoms. The molecule has 0 aliphatic heterocycles. The molecule has 0 aliphatic carbocycles. The highest BCUT2D eigenvalue weighted by Crippen LogP contribution is 1.95. The first-order chi connectivity index (χ1) is 4.93. The van der Waals surface area contributed by atoms with Crippen LogP contribution in [0.25, 0.3) is 0 Å². The van der Waals surface area contributed by atoms with Crippen LogP contribution in [0.5, 0.6) is 0 Å². The largest absolute Gasteiger partial charge is 0.314 e. The van der Waals surface area contributed by atoms with E-state index in [1.54, 1.807) is 0 Å². The van der Waals surface area contributed by atoms with Crippen molar-refractivity contribution in [3.63, 3.8) is 0 Å². The van der Waals surface area contributed by atoms with E-state index in [0.29, 0.717) is 0 Å². The van der Waals surface area contributed by atoms with Crippen molar-refractivity contribution in [3.05, 3.63) is 30.3 Å². The summed E-state index contributed by atoms with van der Waals surface area (Å²) in [5, 5.41) is 2.26. The molecule has 54 valence electrons. The van der Waals surface area contributed by atoms with Gasteiger partial charge < -0.3 is 5.32 Å². The van der Waals surface area contributed by atoms with Crippen LogP contribution >= 0.6 is 0 Å². The summed E-state index contributed by atoms with van der Waals surface area (Å²) in [5.74, 6) is 0. The van der Waals surface area contributed by atoms with Crippen LogP contribution in [-0.2, 0) is 0 Å². The maximum absolute atomic E-state index is 2.26. The topological polar surface area (TPSA) is 16.6 Å². The van der Waals surface area contributed by atoms with Crippen LogP contribution < -0.4 is 5.32 Å². The van der Waals surface area contributed by atoms with Gasteiger partial charge in [0.1, 0.15) is 5.69 Å². The number of quaternary nitrogens is 1. The summed E-state index contributed by atoms with van der Waals surface area (Å²) in [6.45, 7) is 3.38. The molecule has 1 aromatic rings. The van der Waals surface area contributed by atoms with Crippen molar-refractivity contribution in [3.8, 4) is 0 Å². The Hall–Kier alpha value is -0.820. The molecule has 2 N–H and O–H groups in total. The molecular formula is C9H14N+. The lowest BCUT2D eigenvalue weighted by Crippen LogP contribution is -2.77. The lowest BCUT2D eigenvalue weighted by atomic mass is 10.3. The fourth-order valence-corrected chi connectivity index (χ4v) is 0.900. The van der Waals surface area contributed by atoms with Crippen molar-refractivity contribution in [2.24, 2.45) is 0 Å². The maximum atomic E-state index is 2.26. The number of rotatable bonds is 3. The summed E-state index contributed by atoms with van der Waals surface area (Å²) >= 11 is 0. The van der Waals surface area contributed by atoms with E-state index in [2.05, 4.69) is 36.5 Å². The zero-order chi connectivity index (χ0) is 7.23. The van der Waals surface area contributed by atoms with Crippen LogP contribution in [-0.4, -0.2) is 6.54 Å². The summed E-state index contributed by atoms with van der Waals surface area (Å²) < 4.78 is 0. The Labute approximate surface area is 62.1 Å². The van der Waals surface area contributed by atoms with Crippen molar-refractivity contribution in [2.75, 3.05) is 6.54 Å². The van der Waals surface area contributed by atoms with E-state index in [1.165, 1.54) is 18.7 Å². The van der Waals surface area contributed by atoms with Gasteiger partial charge in [0.2, 0.25) is 0 Å². The van der Waals surface area contributed by atoms with Gasteiger partial charge in [0.05, 0.1) is 6.54 Å². The molecule has 0 radical (unpaired) electrons. The van der Waals surface area contributed by atoms with E-state index >= 15 is 0 Å². The van der Waals surface area contributed by atoms with Gasteiger partial charge >= 0.3 is 0 Å². The fourth-order valence-electron chi connectivity index (χ4n) is 0.900. The smallest absolute Gasteiger partial charge is 0.129 e. The van der Waals surface area contributed by atoms with Crippen molar-refractivity contribution in [2.45, 2.75) is 13.3 Å². The zero-order valence-electron chi connectivity index (χ0n) is 6.38. The second-order valence-electron chi connectivity index (χ2n) is 2.40. The number of para-hydroxylation sites is 1. The van der Waals surface area contributed by atoms with Gasteiger partial charge in [-0.25, -0.2) is 0 Å². The predicted octanol–water partition coefficient (Wildman–Crippen LogP) is 1.29. The van der Waals surface area contributed by atoms with Crippen molar-refractivity contribution in [1.82, 2.24) is 0 Å². The molecule has 0 aliphatic rings. The van der Waals surface area contributed by atoms with Crippen molar-refractivity contribution < 1.29 is 5.32 Å². The highest BCUT2D eigenvalue weighted by Gasteiger charge is 1.89. The second kappa shape index (κ2) is 4.07. The number of benzene rings is 1. The van der Waals surface area contributed by atoms with E-state index in [1.807, 2.05) is 6.07 Å². The summed E-state index contributed by atoms with van der Waals surface area (Å²) in [6.07, 6.45) is 1.23. The summed E-state index contributed by atoms with van der Waals surface area (Å²) in [7, 11) is 0. The first-order valence-corrected chi connectivity index (χ1v) is 3.81. The molecular weight excluding hydrogens is 122 g/mol. The Bertz CT molecular complexity index is 169. The fraction of sp³-hybridized carbons (Fsp3) is 0.333. The highest BCUT2D eigenvalue weighted by molar-refractivity contribution is 5.26. The average molecular weight is 136 g/mol. The number of nitrogens with two attached hydrogens (primary N) is 1. The maximum Gasteiger partial charge on any atom is 0.129 e. The van der Waals surface area contributed by atoms with Crippen LogP contribution in [0.1, 0.15) is 13.3 Å². The van der Waals surface area contributed by atoms with Crippen LogP contribution in [0.4, 0.5) is 5.69 Å². The minimum absolute atomic E-state index is 1.18. The van der Waals surface area contributed by atoms with Crippen LogP contribution in [0.3, 0.4) is 0 Å². The molecule has 1 rings (SSSR count). The average Bonchev–Trinajstić information content (AvgIpc) is 2.03. The minimum Gasteiger partial charge on any atom is -0.314 e. The molecule has 0 atom stereocenters. The van der Waals surface area contributed by atoms with Crippen LogP contribution in [0.2, 0.25) is 0 Å². The van der Waals surface area contributed by atoms with Gasteiger partial charge in [-0.3, -0.25) is 0 Å². The van der Waals surface area contributed by atoms with E-state index in [4.69, 9.17) is 0 Å². The van der Waals surface area contributed by atoms with Crippen LogP contribution in [0, 0.1) is 0 Å². The molecule has 0 bridgehead atoms. The Kier molecular flexibility index (Phi) is 2.97. The Morgan fingerprint density at radius 2 is 1.90 bits per heavy atom. The van der Waals surface area contributed by atoms with Gasteiger partial charge in [-0.2, -0.15) is 0 Å². The Morgan fingerprint density at radius 3 is 2.50 bits per heavy atom. The highest BCUT2D eigenvalue weighted by atomic mass is 14.9. The molecule has 0 amide bonds. The molecule has 1 nitrogen and oxygen atoms in total. The first kappa shape index (κ1) is 7.29. The van der Waals surface area contributed by atoms with E-state index in [9.17, 15) is 0 Å². The van der Waals surface area contributed by atoms with Gasteiger partial charge in [-0.15, -0.1) is 0 Å². The molecule has 10 heavy (non-hydrogen) atoms. The number of hydrogen-bond donors (Lipinski definition) is 1. The van der Waals surface area contributed by atoms with Crippen LogP contribution in [0.15, 0.2) is 30.3 Å². The second-order valence-corrected chi connectivity index (χ2v) is 2.40. The zero-order valence-corrected chi connectivity index (χ0v) is 6.38. The monoisotopic (exact) mass is 136 g/mol. The third kappa shape index (κ3) is 2.19. The van der Waals surface area contributed by atoms with Crippen molar-refractivity contribution >= 4 is 5.69 Å². The Balaban J connectivity index is 2.43. The summed E-state index contributed by atoms with van der Waals surface area (Å²) in [5.41, 5.74) is 1.34. The minimum atomic E-state index is 1.18. The SMILES string of the molecule is CCC[NH2+]c1ccccc1. The van der Waals surface area contributed by atoms with E-state index in [-0.39, 0.29) is 0 Å².